The summed E-state index contributed by atoms with van der Waals surface area (Å²) in [5, 5.41) is 2.95. The number of alkyl halides is 3. The van der Waals surface area contributed by atoms with E-state index in [1.807, 2.05) is 28.9 Å². The van der Waals surface area contributed by atoms with Gasteiger partial charge in [-0.05, 0) is 45.8 Å². The van der Waals surface area contributed by atoms with E-state index in [-0.39, 0.29) is 42.2 Å². The number of hydrogen-bond donors (Lipinski definition) is 2. The van der Waals surface area contributed by atoms with Crippen LogP contribution in [0.15, 0.2) is 58.3 Å². The topological polar surface area (TPSA) is 76.9 Å². The molecule has 3 aromatic rings. The number of nitrogens with zero attached hydrogens (tertiary/aromatic N) is 3. The van der Waals surface area contributed by atoms with E-state index in [4.69, 9.17) is 5.73 Å². The van der Waals surface area contributed by atoms with Crippen LogP contribution in [0, 0.1) is 0 Å². The molecule has 28 heavy (non-hydrogen) atoms. The van der Waals surface area contributed by atoms with Crippen molar-refractivity contribution in [1.82, 2.24) is 14.7 Å². The summed E-state index contributed by atoms with van der Waals surface area (Å²) in [5.74, 6) is -0.0660. The molecular formula is C17H16BrF3IN5O. The number of guanidine groups is 1. The molecule has 150 valence electrons. The van der Waals surface area contributed by atoms with Crippen molar-refractivity contribution < 1.29 is 17.9 Å². The predicted molar refractivity (Wildman–Crippen MR) is 114 cm³/mol. The van der Waals surface area contributed by atoms with E-state index in [1.54, 1.807) is 0 Å². The maximum absolute atomic E-state index is 12.1. The Morgan fingerprint density at radius 1 is 1.18 bits per heavy atom. The maximum Gasteiger partial charge on any atom is 0.573 e. The quantitative estimate of drug-likeness (QED) is 0.274. The summed E-state index contributed by atoms with van der Waals surface area (Å²) in [5.41, 5.74) is 8.13. The first kappa shape index (κ1) is 22.3. The van der Waals surface area contributed by atoms with E-state index in [9.17, 15) is 13.2 Å². The van der Waals surface area contributed by atoms with Crippen molar-refractivity contribution in [2.24, 2.45) is 10.7 Å². The van der Waals surface area contributed by atoms with E-state index in [0.717, 1.165) is 15.8 Å². The standard InChI is InChI=1S/C17H15BrF3N5O.HI/c18-12-3-6-15-25-13(10-26(15)9-12)8-24-16(22)23-7-11-1-4-14(5-2-11)27-17(19,20)21;/h1-6,9-10H,7-8H2,(H3,22,23,24);1H. The van der Waals surface area contributed by atoms with Crippen LogP contribution in [0.1, 0.15) is 11.3 Å². The molecule has 2 aromatic heterocycles. The van der Waals surface area contributed by atoms with Crippen molar-refractivity contribution in [2.45, 2.75) is 19.5 Å². The maximum atomic E-state index is 12.1. The highest BCUT2D eigenvalue weighted by molar-refractivity contribution is 14.0. The number of aromatic nitrogens is 2. The van der Waals surface area contributed by atoms with Gasteiger partial charge in [-0.3, -0.25) is 0 Å². The van der Waals surface area contributed by atoms with E-state index in [2.05, 4.69) is 36.0 Å². The Balaban J connectivity index is 0.00000280. The van der Waals surface area contributed by atoms with Gasteiger partial charge in [-0.1, -0.05) is 12.1 Å². The van der Waals surface area contributed by atoms with Crippen molar-refractivity contribution in [3.63, 3.8) is 0 Å². The smallest absolute Gasteiger partial charge is 0.406 e. The fourth-order valence-electron chi connectivity index (χ4n) is 2.31. The van der Waals surface area contributed by atoms with Gasteiger partial charge in [0.2, 0.25) is 0 Å². The zero-order valence-electron chi connectivity index (χ0n) is 14.3. The highest BCUT2D eigenvalue weighted by Gasteiger charge is 2.30. The summed E-state index contributed by atoms with van der Waals surface area (Å²) in [4.78, 5) is 8.61. The molecule has 11 heteroatoms. The first-order chi connectivity index (χ1) is 12.8. The zero-order valence-corrected chi connectivity index (χ0v) is 18.2. The lowest BCUT2D eigenvalue weighted by Gasteiger charge is -2.09. The minimum atomic E-state index is -4.71. The van der Waals surface area contributed by atoms with Gasteiger partial charge in [-0.2, -0.15) is 0 Å². The molecule has 0 fully saturated rings. The molecule has 0 aliphatic rings. The number of nitrogens with one attached hydrogen (secondary N) is 1. The third kappa shape index (κ3) is 6.55. The van der Waals surface area contributed by atoms with Crippen molar-refractivity contribution in [1.29, 1.82) is 0 Å². The van der Waals surface area contributed by atoms with Crippen molar-refractivity contribution in [3.8, 4) is 5.75 Å². The van der Waals surface area contributed by atoms with Gasteiger partial charge in [-0.15, -0.1) is 37.1 Å². The second kappa shape index (κ2) is 9.45. The van der Waals surface area contributed by atoms with Gasteiger partial charge >= 0.3 is 6.36 Å². The molecule has 6 nitrogen and oxygen atoms in total. The molecule has 3 N–H and O–H groups in total. The van der Waals surface area contributed by atoms with Crippen molar-refractivity contribution in [2.75, 3.05) is 0 Å². The van der Waals surface area contributed by atoms with Crippen LogP contribution in [0.2, 0.25) is 0 Å². The van der Waals surface area contributed by atoms with Crippen LogP contribution in [0.3, 0.4) is 0 Å². The van der Waals surface area contributed by atoms with Gasteiger partial charge in [-0.25, -0.2) is 9.98 Å². The fraction of sp³-hybridized carbons (Fsp3) is 0.176. The van der Waals surface area contributed by atoms with Crippen LogP contribution < -0.4 is 15.8 Å². The number of pyridine rings is 1. The van der Waals surface area contributed by atoms with Crippen LogP contribution >= 0.6 is 39.9 Å². The summed E-state index contributed by atoms with van der Waals surface area (Å²) in [6.07, 6.45) is -0.933. The van der Waals surface area contributed by atoms with Crippen LogP contribution in [0.4, 0.5) is 13.2 Å². The molecular weight excluding hydrogens is 554 g/mol. The van der Waals surface area contributed by atoms with Crippen LogP contribution in [-0.2, 0) is 13.1 Å². The van der Waals surface area contributed by atoms with Crippen molar-refractivity contribution in [3.05, 3.63) is 64.5 Å². The Labute approximate surface area is 184 Å². The lowest BCUT2D eigenvalue weighted by molar-refractivity contribution is -0.274. The average Bonchev–Trinajstić information content (AvgIpc) is 3.00. The number of imidazole rings is 1. The zero-order chi connectivity index (χ0) is 19.4. The molecule has 2 heterocycles. The van der Waals surface area contributed by atoms with Crippen LogP contribution in [-0.4, -0.2) is 21.7 Å². The molecule has 0 aliphatic carbocycles. The monoisotopic (exact) mass is 569 g/mol. The number of ether oxygens (including phenoxy) is 1. The molecule has 0 radical (unpaired) electrons. The van der Waals surface area contributed by atoms with Crippen LogP contribution in [0.5, 0.6) is 5.75 Å². The highest BCUT2D eigenvalue weighted by atomic mass is 127. The Kier molecular flexibility index (Phi) is 7.52. The minimum absolute atomic E-state index is 0. The van der Waals surface area contributed by atoms with E-state index < -0.39 is 6.36 Å². The third-order valence-corrected chi connectivity index (χ3v) is 3.97. The summed E-state index contributed by atoms with van der Waals surface area (Å²) >= 11 is 3.40. The molecule has 0 bridgehead atoms. The van der Waals surface area contributed by atoms with Gasteiger partial charge in [0, 0.05) is 16.9 Å². The van der Waals surface area contributed by atoms with E-state index in [0.29, 0.717) is 12.1 Å². The Bertz CT molecular complexity index is 960. The first-order valence-corrected chi connectivity index (χ1v) is 8.59. The number of aliphatic imine (C=N–C) groups is 1. The van der Waals surface area contributed by atoms with Gasteiger partial charge in [0.25, 0.3) is 0 Å². The Morgan fingerprint density at radius 2 is 1.89 bits per heavy atom. The SMILES string of the molecule is I.NC(=NCc1ccc(OC(F)(F)F)cc1)NCc1cn2cc(Br)ccc2n1. The number of benzene rings is 1. The summed E-state index contributed by atoms with van der Waals surface area (Å²) in [7, 11) is 0. The average molecular weight is 570 g/mol. The first-order valence-electron chi connectivity index (χ1n) is 7.80. The number of halogens is 5. The summed E-state index contributed by atoms with van der Waals surface area (Å²) in [6, 6.07) is 9.25. The van der Waals surface area contributed by atoms with Gasteiger partial charge in [0.15, 0.2) is 5.96 Å². The molecule has 0 spiro atoms. The Morgan fingerprint density at radius 3 is 2.57 bits per heavy atom. The normalized spacial score (nSPS) is 11.9. The largest absolute Gasteiger partial charge is 0.573 e. The number of nitrogens with two attached hydrogens (primary N) is 1. The minimum Gasteiger partial charge on any atom is -0.406 e. The number of fused-ring (bicyclic) bond motifs is 1. The molecule has 1 aromatic carbocycles. The van der Waals surface area contributed by atoms with Gasteiger partial charge < -0.3 is 20.2 Å². The number of hydrogen-bond acceptors (Lipinski definition) is 3. The molecule has 3 rings (SSSR count). The third-order valence-electron chi connectivity index (χ3n) is 3.50. The molecule has 0 saturated heterocycles. The van der Waals surface area contributed by atoms with E-state index >= 15 is 0 Å². The lowest BCUT2D eigenvalue weighted by Crippen LogP contribution is -2.31. The number of rotatable bonds is 5. The molecule has 0 atom stereocenters. The van der Waals surface area contributed by atoms with E-state index in [1.165, 1.54) is 24.3 Å². The fourth-order valence-corrected chi connectivity index (χ4v) is 2.67. The van der Waals surface area contributed by atoms with Gasteiger partial charge in [0.05, 0.1) is 18.8 Å². The van der Waals surface area contributed by atoms with Crippen molar-refractivity contribution >= 4 is 51.5 Å². The highest BCUT2D eigenvalue weighted by Crippen LogP contribution is 2.22. The summed E-state index contributed by atoms with van der Waals surface area (Å²) in [6.45, 7) is 0.621. The lowest BCUT2D eigenvalue weighted by atomic mass is 10.2. The molecule has 0 saturated carbocycles. The second-order valence-corrected chi connectivity index (χ2v) is 6.51. The molecule has 0 amide bonds. The van der Waals surface area contributed by atoms with Crippen LogP contribution in [0.25, 0.3) is 5.65 Å². The molecule has 0 aliphatic heterocycles. The van der Waals surface area contributed by atoms with Gasteiger partial charge in [0.1, 0.15) is 11.4 Å². The summed E-state index contributed by atoms with van der Waals surface area (Å²) < 4.78 is 43.0. The Hall–Kier alpha value is -2.02. The molecule has 0 unspecified atom stereocenters. The predicted octanol–water partition coefficient (Wildman–Crippen LogP) is 4.22. The second-order valence-electron chi connectivity index (χ2n) is 5.59.